The van der Waals surface area contributed by atoms with Crippen molar-refractivity contribution in [3.8, 4) is 5.75 Å². The lowest BCUT2D eigenvalue weighted by Crippen LogP contribution is -2.47. The molecule has 18 heavy (non-hydrogen) atoms. The molecule has 1 atom stereocenters. The maximum atomic E-state index is 6.21. The third kappa shape index (κ3) is 2.46. The van der Waals surface area contributed by atoms with Gasteiger partial charge in [-0.1, -0.05) is 6.07 Å². The van der Waals surface area contributed by atoms with Gasteiger partial charge in [0.2, 0.25) is 0 Å². The minimum Gasteiger partial charge on any atom is -0.486 e. The van der Waals surface area contributed by atoms with Crippen LogP contribution >= 0.6 is 0 Å². The number of ether oxygens (including phenoxy) is 1. The van der Waals surface area contributed by atoms with Crippen LogP contribution in [0.15, 0.2) is 18.2 Å². The Kier molecular flexibility index (Phi) is 3.16. The summed E-state index contributed by atoms with van der Waals surface area (Å²) in [6, 6.07) is 6.48. The van der Waals surface area contributed by atoms with Crippen molar-refractivity contribution in [2.75, 3.05) is 25.0 Å². The number of aryl methyl sites for hydroxylation is 1. The smallest absolute Gasteiger partial charge is 0.122 e. The van der Waals surface area contributed by atoms with Crippen LogP contribution in [0.2, 0.25) is 0 Å². The van der Waals surface area contributed by atoms with Gasteiger partial charge in [-0.05, 0) is 50.8 Å². The van der Waals surface area contributed by atoms with Crippen LogP contribution < -0.4 is 15.4 Å². The number of fused-ring (bicyclic) bond motifs is 1. The Balaban J connectivity index is 1.76. The van der Waals surface area contributed by atoms with Gasteiger partial charge in [-0.2, -0.15) is 0 Å². The molecule has 3 rings (SSSR count). The summed E-state index contributed by atoms with van der Waals surface area (Å²) >= 11 is 0. The topological polar surface area (TPSA) is 33.3 Å². The van der Waals surface area contributed by atoms with Crippen LogP contribution in [0, 0.1) is 0 Å². The van der Waals surface area contributed by atoms with E-state index in [-0.39, 0.29) is 5.60 Å². The normalized spacial score (nSPS) is 27.2. The van der Waals surface area contributed by atoms with E-state index in [2.05, 4.69) is 35.8 Å². The first-order valence-electron chi connectivity index (χ1n) is 7.02. The highest BCUT2D eigenvalue weighted by Crippen LogP contribution is 2.30. The highest BCUT2D eigenvalue weighted by molar-refractivity contribution is 5.56. The summed E-state index contributed by atoms with van der Waals surface area (Å²) in [6.45, 7) is 5.34. The van der Waals surface area contributed by atoms with Gasteiger partial charge < -0.3 is 15.4 Å². The molecule has 0 radical (unpaired) electrons. The van der Waals surface area contributed by atoms with Gasteiger partial charge in [-0.3, -0.25) is 0 Å². The summed E-state index contributed by atoms with van der Waals surface area (Å²) < 4.78 is 6.21. The summed E-state index contributed by atoms with van der Waals surface area (Å²) in [5.74, 6) is 0.995. The zero-order chi connectivity index (χ0) is 12.4. The molecule has 2 N–H and O–H groups in total. The van der Waals surface area contributed by atoms with E-state index in [1.165, 1.54) is 30.5 Å². The number of anilines is 1. The standard InChI is InChI=1S/C15H22N2O/c1-15(7-3-8-16-11-15)18-13-6-5-12-4-2-9-17-14(12)10-13/h5-6,10,16-17H,2-4,7-9,11H2,1H3. The van der Waals surface area contributed by atoms with Crippen LogP contribution in [0.5, 0.6) is 5.75 Å². The minimum absolute atomic E-state index is 0.0544. The minimum atomic E-state index is -0.0544. The fourth-order valence-corrected chi connectivity index (χ4v) is 2.90. The summed E-state index contributed by atoms with van der Waals surface area (Å²) in [6.07, 6.45) is 4.74. The van der Waals surface area contributed by atoms with E-state index in [4.69, 9.17) is 4.74 Å². The molecular weight excluding hydrogens is 224 g/mol. The predicted molar refractivity (Wildman–Crippen MR) is 74.4 cm³/mol. The number of benzene rings is 1. The van der Waals surface area contributed by atoms with Crippen LogP contribution in [0.1, 0.15) is 31.7 Å². The second-order valence-electron chi connectivity index (χ2n) is 5.68. The van der Waals surface area contributed by atoms with Gasteiger partial charge in [0.25, 0.3) is 0 Å². The van der Waals surface area contributed by atoms with Gasteiger partial charge in [0.05, 0.1) is 0 Å². The van der Waals surface area contributed by atoms with Crippen LogP contribution in [0.3, 0.4) is 0 Å². The lowest BCUT2D eigenvalue weighted by atomic mass is 9.96. The zero-order valence-corrected chi connectivity index (χ0v) is 11.1. The highest BCUT2D eigenvalue weighted by Gasteiger charge is 2.28. The first-order chi connectivity index (χ1) is 8.75. The molecule has 0 aliphatic carbocycles. The molecule has 2 heterocycles. The molecule has 1 fully saturated rings. The van der Waals surface area contributed by atoms with Crippen molar-refractivity contribution < 1.29 is 4.74 Å². The maximum absolute atomic E-state index is 6.21. The Labute approximate surface area is 109 Å². The molecule has 2 aliphatic heterocycles. The largest absolute Gasteiger partial charge is 0.486 e. The molecule has 0 saturated carbocycles. The number of rotatable bonds is 2. The van der Waals surface area contributed by atoms with Gasteiger partial charge in [0.15, 0.2) is 0 Å². The van der Waals surface area contributed by atoms with E-state index in [0.29, 0.717) is 0 Å². The fraction of sp³-hybridized carbons (Fsp3) is 0.600. The quantitative estimate of drug-likeness (QED) is 0.841. The van der Waals surface area contributed by atoms with Crippen molar-refractivity contribution in [1.29, 1.82) is 0 Å². The molecule has 0 bridgehead atoms. The Hall–Kier alpha value is -1.22. The Morgan fingerprint density at radius 2 is 2.17 bits per heavy atom. The SMILES string of the molecule is CC1(Oc2ccc3c(c2)NCCC3)CCCNC1. The lowest BCUT2D eigenvalue weighted by Gasteiger charge is -2.35. The summed E-state index contributed by atoms with van der Waals surface area (Å²) in [7, 11) is 0. The average molecular weight is 246 g/mol. The first kappa shape index (κ1) is 11.8. The van der Waals surface area contributed by atoms with Crippen molar-refractivity contribution in [3.63, 3.8) is 0 Å². The Morgan fingerprint density at radius 3 is 3.00 bits per heavy atom. The summed E-state index contributed by atoms with van der Waals surface area (Å²) in [4.78, 5) is 0. The zero-order valence-electron chi connectivity index (χ0n) is 11.1. The van der Waals surface area contributed by atoms with Gasteiger partial charge in [-0.25, -0.2) is 0 Å². The molecular formula is C15H22N2O. The molecule has 98 valence electrons. The van der Waals surface area contributed by atoms with Crippen LogP contribution in [0.4, 0.5) is 5.69 Å². The second-order valence-corrected chi connectivity index (χ2v) is 5.68. The van der Waals surface area contributed by atoms with Crippen LogP contribution in [0.25, 0.3) is 0 Å². The molecule has 1 aromatic carbocycles. The number of hydrogen-bond donors (Lipinski definition) is 2. The van der Waals surface area contributed by atoms with Gasteiger partial charge in [-0.15, -0.1) is 0 Å². The van der Waals surface area contributed by atoms with E-state index in [1.54, 1.807) is 0 Å². The molecule has 3 nitrogen and oxygen atoms in total. The van der Waals surface area contributed by atoms with E-state index >= 15 is 0 Å². The van der Waals surface area contributed by atoms with Crippen molar-refractivity contribution in [2.45, 2.75) is 38.2 Å². The molecule has 1 saturated heterocycles. The number of hydrogen-bond acceptors (Lipinski definition) is 3. The number of nitrogens with one attached hydrogen (secondary N) is 2. The Morgan fingerprint density at radius 1 is 1.22 bits per heavy atom. The predicted octanol–water partition coefficient (Wildman–Crippen LogP) is 2.57. The molecule has 0 aromatic heterocycles. The molecule has 0 amide bonds. The molecule has 2 aliphatic rings. The van der Waals surface area contributed by atoms with E-state index in [9.17, 15) is 0 Å². The average Bonchev–Trinajstić information content (AvgIpc) is 2.39. The molecule has 1 unspecified atom stereocenters. The van der Waals surface area contributed by atoms with Gasteiger partial charge >= 0.3 is 0 Å². The molecule has 1 aromatic rings. The monoisotopic (exact) mass is 246 g/mol. The van der Waals surface area contributed by atoms with E-state index < -0.39 is 0 Å². The third-order valence-corrected chi connectivity index (χ3v) is 3.94. The van der Waals surface area contributed by atoms with Crippen molar-refractivity contribution in [3.05, 3.63) is 23.8 Å². The summed E-state index contributed by atoms with van der Waals surface area (Å²) in [5, 5.41) is 6.87. The van der Waals surface area contributed by atoms with Crippen molar-refractivity contribution in [1.82, 2.24) is 5.32 Å². The highest BCUT2D eigenvalue weighted by atomic mass is 16.5. The molecule has 0 spiro atoms. The maximum Gasteiger partial charge on any atom is 0.122 e. The van der Waals surface area contributed by atoms with E-state index in [0.717, 1.165) is 31.8 Å². The van der Waals surface area contributed by atoms with Crippen LogP contribution in [-0.4, -0.2) is 25.2 Å². The van der Waals surface area contributed by atoms with Crippen molar-refractivity contribution >= 4 is 5.69 Å². The van der Waals surface area contributed by atoms with Gasteiger partial charge in [0.1, 0.15) is 11.4 Å². The van der Waals surface area contributed by atoms with Gasteiger partial charge in [0, 0.05) is 24.8 Å². The lowest BCUT2D eigenvalue weighted by molar-refractivity contribution is 0.0615. The second kappa shape index (κ2) is 4.81. The fourth-order valence-electron chi connectivity index (χ4n) is 2.90. The van der Waals surface area contributed by atoms with E-state index in [1.807, 2.05) is 0 Å². The Bertz CT molecular complexity index is 425. The number of piperidine rings is 1. The molecule has 3 heteroatoms. The van der Waals surface area contributed by atoms with Crippen LogP contribution in [-0.2, 0) is 6.42 Å². The first-order valence-corrected chi connectivity index (χ1v) is 7.02. The third-order valence-electron chi connectivity index (χ3n) is 3.94. The van der Waals surface area contributed by atoms with Crippen molar-refractivity contribution in [2.24, 2.45) is 0 Å². The summed E-state index contributed by atoms with van der Waals surface area (Å²) in [5.41, 5.74) is 2.62.